The van der Waals surface area contributed by atoms with Crippen molar-refractivity contribution in [3.63, 3.8) is 0 Å². The smallest absolute Gasteiger partial charge is 0.255 e. The quantitative estimate of drug-likeness (QED) is 0.847. The number of halogens is 1. The van der Waals surface area contributed by atoms with Crippen LogP contribution in [0.3, 0.4) is 0 Å². The second-order valence-corrected chi connectivity index (χ2v) is 4.81. The van der Waals surface area contributed by atoms with Crippen LogP contribution >= 0.6 is 0 Å². The van der Waals surface area contributed by atoms with E-state index >= 15 is 0 Å². The molecule has 0 aromatic heterocycles. The fourth-order valence-corrected chi connectivity index (χ4v) is 2.05. The lowest BCUT2D eigenvalue weighted by atomic mass is 10.0. The molecule has 0 spiro atoms. The molecule has 0 aliphatic carbocycles. The Kier molecular flexibility index (Phi) is 6.90. The van der Waals surface area contributed by atoms with Crippen LogP contribution in [0.1, 0.15) is 49.5 Å². The Bertz CT molecular complexity index is 545. The zero-order valence-corrected chi connectivity index (χ0v) is 12.8. The summed E-state index contributed by atoms with van der Waals surface area (Å²) in [5.74, 6) is 4.95. The minimum absolute atomic E-state index is 0.0560. The van der Waals surface area contributed by atoms with E-state index in [9.17, 15) is 9.18 Å². The van der Waals surface area contributed by atoms with Gasteiger partial charge in [-0.3, -0.25) is 4.79 Å². The van der Waals surface area contributed by atoms with Crippen molar-refractivity contribution in [3.05, 3.63) is 35.1 Å². The van der Waals surface area contributed by atoms with Crippen molar-refractivity contribution in [1.29, 1.82) is 0 Å². The van der Waals surface area contributed by atoms with Crippen LogP contribution in [0.2, 0.25) is 0 Å². The Hall–Kier alpha value is -1.86. The molecule has 0 bridgehead atoms. The molecule has 1 unspecified atom stereocenters. The molecule has 21 heavy (non-hydrogen) atoms. The maximum absolute atomic E-state index is 13.4. The first-order valence-corrected chi connectivity index (χ1v) is 7.25. The normalized spacial score (nSPS) is 11.5. The fourth-order valence-electron chi connectivity index (χ4n) is 2.05. The van der Waals surface area contributed by atoms with Gasteiger partial charge in [0.05, 0.1) is 12.2 Å². The summed E-state index contributed by atoms with van der Waals surface area (Å²) in [6.45, 7) is 6.47. The first-order chi connectivity index (χ1) is 10.0. The van der Waals surface area contributed by atoms with Crippen molar-refractivity contribution >= 4 is 5.91 Å². The first-order valence-electron chi connectivity index (χ1n) is 7.25. The molecular formula is C17H22FNO2. The topological polar surface area (TPSA) is 40.5 Å². The van der Waals surface area contributed by atoms with Crippen molar-refractivity contribution in [2.75, 3.05) is 13.2 Å². The van der Waals surface area contributed by atoms with Gasteiger partial charge in [0, 0.05) is 24.6 Å². The van der Waals surface area contributed by atoms with E-state index in [0.717, 1.165) is 6.42 Å². The summed E-state index contributed by atoms with van der Waals surface area (Å²) < 4.78 is 13.4. The van der Waals surface area contributed by atoms with Crippen molar-refractivity contribution in [1.82, 2.24) is 4.90 Å². The van der Waals surface area contributed by atoms with Crippen molar-refractivity contribution < 1.29 is 14.3 Å². The molecule has 1 amide bonds. The molecule has 1 atom stereocenters. The summed E-state index contributed by atoms with van der Waals surface area (Å²) in [5, 5.41) is 8.76. The number of amides is 1. The summed E-state index contributed by atoms with van der Waals surface area (Å²) in [6, 6.07) is 4.13. The van der Waals surface area contributed by atoms with Crippen LogP contribution in [0.5, 0.6) is 0 Å². The minimum Gasteiger partial charge on any atom is -0.395 e. The van der Waals surface area contributed by atoms with Gasteiger partial charge in [0.2, 0.25) is 0 Å². The molecule has 0 aliphatic rings. The zero-order chi connectivity index (χ0) is 15.8. The fraction of sp³-hybridized carbons (Fsp3) is 0.471. The van der Waals surface area contributed by atoms with Crippen LogP contribution in [0.15, 0.2) is 18.2 Å². The molecule has 3 nitrogen and oxygen atoms in total. The lowest BCUT2D eigenvalue weighted by Gasteiger charge is -2.27. The van der Waals surface area contributed by atoms with Crippen molar-refractivity contribution in [2.24, 2.45) is 0 Å². The van der Waals surface area contributed by atoms with Crippen LogP contribution in [-0.2, 0) is 0 Å². The molecule has 1 N–H and O–H groups in total. The molecule has 0 aliphatic heterocycles. The third kappa shape index (κ3) is 4.57. The summed E-state index contributed by atoms with van der Waals surface area (Å²) >= 11 is 0. The van der Waals surface area contributed by atoms with Gasteiger partial charge in [-0.15, -0.1) is 0 Å². The maximum atomic E-state index is 13.4. The summed E-state index contributed by atoms with van der Waals surface area (Å²) in [4.78, 5) is 14.4. The lowest BCUT2D eigenvalue weighted by molar-refractivity contribution is 0.0699. The van der Waals surface area contributed by atoms with Crippen LogP contribution in [0.4, 0.5) is 4.39 Å². The summed E-state index contributed by atoms with van der Waals surface area (Å²) in [7, 11) is 0. The molecule has 1 aromatic rings. The second kappa shape index (κ2) is 8.43. The standard InChI is InChI=1S/C17H22FNO2/c1-4-13(3)19(5-2)17(21)16-10-9-15(18)12-14(16)8-6-7-11-20/h9-10,12-13,20H,4-5,7,11H2,1-3H3. The monoisotopic (exact) mass is 291 g/mol. The number of carbonyl (C=O) groups excluding carboxylic acids is 1. The highest BCUT2D eigenvalue weighted by Crippen LogP contribution is 2.16. The number of hydrogen-bond acceptors (Lipinski definition) is 2. The number of carbonyl (C=O) groups is 1. The highest BCUT2D eigenvalue weighted by Gasteiger charge is 2.21. The average molecular weight is 291 g/mol. The first kappa shape index (κ1) is 17.2. The number of aliphatic hydroxyl groups is 1. The molecule has 0 saturated carbocycles. The van der Waals surface area contributed by atoms with E-state index < -0.39 is 5.82 Å². The van der Waals surface area contributed by atoms with Crippen molar-refractivity contribution in [3.8, 4) is 11.8 Å². The van der Waals surface area contributed by atoms with Gasteiger partial charge in [-0.05, 0) is 38.5 Å². The second-order valence-electron chi connectivity index (χ2n) is 4.81. The molecular weight excluding hydrogens is 269 g/mol. The highest BCUT2D eigenvalue weighted by molar-refractivity contribution is 5.97. The third-order valence-electron chi connectivity index (χ3n) is 3.40. The molecule has 0 fully saturated rings. The van der Waals surface area contributed by atoms with Gasteiger partial charge in [0.25, 0.3) is 5.91 Å². The number of nitrogens with zero attached hydrogens (tertiary/aromatic N) is 1. The van der Waals surface area contributed by atoms with Gasteiger partial charge in [0.1, 0.15) is 5.82 Å². The highest BCUT2D eigenvalue weighted by atomic mass is 19.1. The average Bonchev–Trinajstić information content (AvgIpc) is 2.48. The summed E-state index contributed by atoms with van der Waals surface area (Å²) in [5.41, 5.74) is 0.777. The van der Waals surface area contributed by atoms with Crippen LogP contribution in [0.25, 0.3) is 0 Å². The van der Waals surface area contributed by atoms with Gasteiger partial charge in [0.15, 0.2) is 0 Å². The van der Waals surface area contributed by atoms with Gasteiger partial charge in [-0.1, -0.05) is 18.8 Å². The van der Waals surface area contributed by atoms with E-state index in [2.05, 4.69) is 11.8 Å². The number of aliphatic hydroxyl groups excluding tert-OH is 1. The molecule has 0 heterocycles. The zero-order valence-electron chi connectivity index (χ0n) is 12.8. The van der Waals surface area contributed by atoms with Gasteiger partial charge >= 0.3 is 0 Å². The molecule has 114 valence electrons. The van der Waals surface area contributed by atoms with E-state index in [4.69, 9.17) is 5.11 Å². The SMILES string of the molecule is CCC(C)N(CC)C(=O)c1ccc(F)cc1C#CCCO. The van der Waals surface area contributed by atoms with Crippen LogP contribution in [0, 0.1) is 17.7 Å². The molecule has 0 radical (unpaired) electrons. The van der Waals surface area contributed by atoms with Gasteiger partial charge < -0.3 is 10.0 Å². The molecule has 0 saturated heterocycles. The van der Waals surface area contributed by atoms with E-state index in [-0.39, 0.29) is 18.6 Å². The van der Waals surface area contributed by atoms with Gasteiger partial charge in [-0.2, -0.15) is 0 Å². The van der Waals surface area contributed by atoms with E-state index in [1.807, 2.05) is 20.8 Å². The number of benzene rings is 1. The van der Waals surface area contributed by atoms with Crippen molar-refractivity contribution in [2.45, 2.75) is 39.7 Å². The van der Waals surface area contributed by atoms with Crippen LogP contribution in [-0.4, -0.2) is 35.1 Å². The van der Waals surface area contributed by atoms with E-state index in [0.29, 0.717) is 24.1 Å². The molecule has 4 heteroatoms. The predicted molar refractivity (Wildman–Crippen MR) is 81.4 cm³/mol. The summed E-state index contributed by atoms with van der Waals surface area (Å²) in [6.07, 6.45) is 1.15. The lowest BCUT2D eigenvalue weighted by Crippen LogP contribution is -2.38. The Morgan fingerprint density at radius 2 is 2.14 bits per heavy atom. The Morgan fingerprint density at radius 3 is 2.71 bits per heavy atom. The Labute approximate surface area is 125 Å². The predicted octanol–water partition coefficient (Wildman–Crippen LogP) is 2.82. The van der Waals surface area contributed by atoms with E-state index in [1.54, 1.807) is 4.90 Å². The minimum atomic E-state index is -0.425. The molecule has 1 rings (SSSR count). The maximum Gasteiger partial charge on any atom is 0.255 e. The number of rotatable bonds is 5. The Balaban J connectivity index is 3.17. The number of hydrogen-bond donors (Lipinski definition) is 1. The van der Waals surface area contributed by atoms with Crippen LogP contribution < -0.4 is 0 Å². The van der Waals surface area contributed by atoms with E-state index in [1.165, 1.54) is 18.2 Å². The third-order valence-corrected chi connectivity index (χ3v) is 3.40. The Morgan fingerprint density at radius 1 is 1.43 bits per heavy atom. The largest absolute Gasteiger partial charge is 0.395 e. The van der Waals surface area contributed by atoms with Gasteiger partial charge in [-0.25, -0.2) is 4.39 Å². The molecule has 1 aromatic carbocycles.